The van der Waals surface area contributed by atoms with E-state index in [0.717, 1.165) is 17.5 Å². The van der Waals surface area contributed by atoms with E-state index < -0.39 is 6.04 Å². The number of thioether (sulfide) groups is 1. The van der Waals surface area contributed by atoms with E-state index >= 15 is 0 Å². The molecule has 3 aromatic rings. The summed E-state index contributed by atoms with van der Waals surface area (Å²) in [5, 5.41) is 3.04. The summed E-state index contributed by atoms with van der Waals surface area (Å²) in [4.78, 5) is 28.6. The van der Waals surface area contributed by atoms with Crippen LogP contribution in [0, 0.1) is 12.7 Å². The minimum atomic E-state index is -0.756. The van der Waals surface area contributed by atoms with E-state index in [1.807, 2.05) is 69.3 Å². The molecule has 0 fully saturated rings. The maximum absolute atomic E-state index is 14.6. The summed E-state index contributed by atoms with van der Waals surface area (Å²) in [6.45, 7) is 6.01. The van der Waals surface area contributed by atoms with Crippen LogP contribution in [0.15, 0.2) is 78.9 Å². The molecule has 0 saturated heterocycles. The van der Waals surface area contributed by atoms with Gasteiger partial charge in [-0.05, 0) is 37.5 Å². The van der Waals surface area contributed by atoms with Gasteiger partial charge in [-0.2, -0.15) is 0 Å². The van der Waals surface area contributed by atoms with Crippen LogP contribution in [0.2, 0.25) is 0 Å². The molecule has 0 saturated carbocycles. The molecule has 0 bridgehead atoms. The van der Waals surface area contributed by atoms with E-state index in [2.05, 4.69) is 11.4 Å². The van der Waals surface area contributed by atoms with Gasteiger partial charge in [-0.3, -0.25) is 9.59 Å². The van der Waals surface area contributed by atoms with Crippen LogP contribution < -0.4 is 5.32 Å². The second-order valence-electron chi connectivity index (χ2n) is 9.12. The quantitative estimate of drug-likeness (QED) is 0.332. The van der Waals surface area contributed by atoms with Gasteiger partial charge in [0.1, 0.15) is 11.9 Å². The predicted molar refractivity (Wildman–Crippen MR) is 146 cm³/mol. The fourth-order valence-electron chi connectivity index (χ4n) is 3.95. The van der Waals surface area contributed by atoms with Crippen molar-refractivity contribution < 1.29 is 14.0 Å². The predicted octanol–water partition coefficient (Wildman–Crippen LogP) is 5.92. The molecule has 0 unspecified atom stereocenters. The van der Waals surface area contributed by atoms with Crippen LogP contribution in [0.1, 0.15) is 42.5 Å². The Labute approximate surface area is 218 Å². The Morgan fingerprint density at radius 2 is 1.67 bits per heavy atom. The number of rotatable bonds is 12. The van der Waals surface area contributed by atoms with Gasteiger partial charge < -0.3 is 10.2 Å². The summed E-state index contributed by atoms with van der Waals surface area (Å²) in [7, 11) is 0. The molecule has 3 aromatic carbocycles. The second kappa shape index (κ2) is 13.8. The van der Waals surface area contributed by atoms with Crippen LogP contribution in [-0.2, 0) is 28.3 Å². The molecule has 3 rings (SSSR count). The molecule has 0 aliphatic carbocycles. The van der Waals surface area contributed by atoms with Gasteiger partial charge in [0.2, 0.25) is 11.8 Å². The van der Waals surface area contributed by atoms with Crippen LogP contribution in [-0.4, -0.2) is 34.6 Å². The normalized spacial score (nSPS) is 12.6. The molecule has 1 N–H and O–H groups in total. The van der Waals surface area contributed by atoms with Gasteiger partial charge in [0.15, 0.2) is 0 Å². The highest BCUT2D eigenvalue weighted by molar-refractivity contribution is 7.99. The molecular weight excluding hydrogens is 471 g/mol. The van der Waals surface area contributed by atoms with Crippen molar-refractivity contribution in [2.45, 2.75) is 58.0 Å². The highest BCUT2D eigenvalue weighted by atomic mass is 32.2. The average molecular weight is 507 g/mol. The lowest BCUT2D eigenvalue weighted by atomic mass is 10.0. The third-order valence-electron chi connectivity index (χ3n) is 6.15. The first-order valence-electron chi connectivity index (χ1n) is 12.4. The number of halogens is 1. The lowest BCUT2D eigenvalue weighted by Gasteiger charge is -2.32. The lowest BCUT2D eigenvalue weighted by molar-refractivity contribution is -0.139. The van der Waals surface area contributed by atoms with Gasteiger partial charge in [0.05, 0.1) is 5.75 Å². The number of nitrogens with zero attached hydrogens (tertiary/aromatic N) is 1. The van der Waals surface area contributed by atoms with Crippen molar-refractivity contribution >= 4 is 23.6 Å². The first-order valence-corrected chi connectivity index (χ1v) is 13.5. The van der Waals surface area contributed by atoms with Crippen LogP contribution in [0.5, 0.6) is 0 Å². The first kappa shape index (κ1) is 27.5. The fourth-order valence-corrected chi connectivity index (χ4v) is 4.80. The molecular formula is C30H35FN2O2S. The number of amides is 2. The van der Waals surface area contributed by atoms with Crippen LogP contribution in [0.25, 0.3) is 0 Å². The number of carbonyl (C=O) groups is 2. The largest absolute Gasteiger partial charge is 0.352 e. The molecule has 0 aliphatic rings. The van der Waals surface area contributed by atoms with Gasteiger partial charge in [-0.1, -0.05) is 85.3 Å². The van der Waals surface area contributed by atoms with Gasteiger partial charge in [-0.15, -0.1) is 11.8 Å². The number of benzene rings is 3. The molecule has 0 aromatic heterocycles. The fraction of sp³-hybridized carbons (Fsp3) is 0.333. The summed E-state index contributed by atoms with van der Waals surface area (Å²) in [6, 6.07) is 23.5. The van der Waals surface area contributed by atoms with Gasteiger partial charge >= 0.3 is 0 Å². The Morgan fingerprint density at radius 1 is 0.972 bits per heavy atom. The first-order chi connectivity index (χ1) is 17.4. The molecule has 0 aliphatic heterocycles. The van der Waals surface area contributed by atoms with Crippen LogP contribution in [0.4, 0.5) is 4.39 Å². The number of nitrogens with one attached hydrogen (secondary N) is 1. The standard InChI is InChI=1S/C30H35FN2O2S/c1-4-23(3)32-30(35)28(18-24-12-6-5-7-13-24)33(19-26-15-8-9-16-27(26)31)29(34)21-36-20-25-14-10-11-22(2)17-25/h5-17,23,28H,4,18-21H2,1-3H3,(H,32,35)/t23-,28+/m1/s1. The van der Waals surface area contributed by atoms with Crippen molar-refractivity contribution in [2.24, 2.45) is 0 Å². The highest BCUT2D eigenvalue weighted by Crippen LogP contribution is 2.20. The van der Waals surface area contributed by atoms with Gasteiger partial charge in [0.25, 0.3) is 0 Å². The van der Waals surface area contributed by atoms with E-state index in [9.17, 15) is 14.0 Å². The summed E-state index contributed by atoms with van der Waals surface area (Å²) in [5.74, 6) is 0.0921. The molecule has 6 heteroatoms. The molecule has 4 nitrogen and oxygen atoms in total. The molecule has 2 atom stereocenters. The summed E-state index contributed by atoms with van der Waals surface area (Å²) in [6.07, 6.45) is 1.13. The van der Waals surface area contributed by atoms with E-state index in [-0.39, 0.29) is 36.0 Å². The van der Waals surface area contributed by atoms with Crippen molar-refractivity contribution in [1.29, 1.82) is 0 Å². The minimum Gasteiger partial charge on any atom is -0.352 e. The van der Waals surface area contributed by atoms with E-state index in [1.165, 1.54) is 23.4 Å². The minimum absolute atomic E-state index is 0.0297. The number of carbonyl (C=O) groups excluding carboxylic acids is 2. The molecule has 2 amide bonds. The Kier molecular flexibility index (Phi) is 10.6. The average Bonchev–Trinajstić information content (AvgIpc) is 2.87. The zero-order valence-electron chi connectivity index (χ0n) is 21.2. The number of hydrogen-bond donors (Lipinski definition) is 1. The van der Waals surface area contributed by atoms with Crippen molar-refractivity contribution in [3.8, 4) is 0 Å². The third-order valence-corrected chi connectivity index (χ3v) is 7.14. The Hall–Kier alpha value is -3.12. The third kappa shape index (κ3) is 8.23. The van der Waals surface area contributed by atoms with Crippen molar-refractivity contribution in [1.82, 2.24) is 10.2 Å². The maximum Gasteiger partial charge on any atom is 0.243 e. The van der Waals surface area contributed by atoms with Gasteiger partial charge in [0, 0.05) is 30.3 Å². The SMILES string of the molecule is CC[C@@H](C)NC(=O)[C@H](Cc1ccccc1)N(Cc1ccccc1F)C(=O)CSCc1cccc(C)c1. The highest BCUT2D eigenvalue weighted by Gasteiger charge is 2.31. The van der Waals surface area contributed by atoms with E-state index in [0.29, 0.717) is 17.7 Å². The number of hydrogen-bond acceptors (Lipinski definition) is 3. The lowest BCUT2D eigenvalue weighted by Crippen LogP contribution is -2.52. The Morgan fingerprint density at radius 3 is 2.36 bits per heavy atom. The Bertz CT molecular complexity index is 1140. The van der Waals surface area contributed by atoms with Crippen LogP contribution >= 0.6 is 11.8 Å². The van der Waals surface area contributed by atoms with E-state index in [1.54, 1.807) is 23.1 Å². The Balaban J connectivity index is 1.86. The van der Waals surface area contributed by atoms with Crippen molar-refractivity contribution in [3.63, 3.8) is 0 Å². The smallest absolute Gasteiger partial charge is 0.243 e. The summed E-state index contributed by atoms with van der Waals surface area (Å²) >= 11 is 1.50. The molecule has 0 radical (unpaired) electrons. The zero-order valence-corrected chi connectivity index (χ0v) is 22.1. The summed E-state index contributed by atoms with van der Waals surface area (Å²) < 4.78 is 14.6. The maximum atomic E-state index is 14.6. The molecule has 0 heterocycles. The monoisotopic (exact) mass is 506 g/mol. The topological polar surface area (TPSA) is 49.4 Å². The van der Waals surface area contributed by atoms with Crippen molar-refractivity contribution in [3.05, 3.63) is 107 Å². The zero-order chi connectivity index (χ0) is 25.9. The van der Waals surface area contributed by atoms with Gasteiger partial charge in [-0.25, -0.2) is 4.39 Å². The molecule has 0 spiro atoms. The molecule has 36 heavy (non-hydrogen) atoms. The molecule has 190 valence electrons. The van der Waals surface area contributed by atoms with Crippen molar-refractivity contribution in [2.75, 3.05) is 5.75 Å². The summed E-state index contributed by atoms with van der Waals surface area (Å²) in [5.41, 5.74) is 3.65. The second-order valence-corrected chi connectivity index (χ2v) is 10.1. The van der Waals surface area contributed by atoms with E-state index in [4.69, 9.17) is 0 Å². The number of aryl methyl sites for hydroxylation is 1. The van der Waals surface area contributed by atoms with Crippen LogP contribution in [0.3, 0.4) is 0 Å².